The minimum Gasteiger partial charge on any atom is -0.452 e. The highest BCUT2D eigenvalue weighted by atomic mass is 16.5. The summed E-state index contributed by atoms with van der Waals surface area (Å²) < 4.78 is 6.68. The summed E-state index contributed by atoms with van der Waals surface area (Å²) >= 11 is 0. The summed E-state index contributed by atoms with van der Waals surface area (Å²) in [5, 5.41) is 12.7. The molecule has 9 rings (SSSR count). The highest BCUT2D eigenvalue weighted by Gasteiger charge is 2.42. The highest BCUT2D eigenvalue weighted by Crippen LogP contribution is 2.63. The Morgan fingerprint density at radius 2 is 1.45 bits per heavy atom. The maximum Gasteiger partial charge on any atom is 0.214 e. The molecule has 0 amide bonds. The number of anilines is 3. The van der Waals surface area contributed by atoms with Gasteiger partial charge < -0.3 is 9.64 Å². The first-order valence-electron chi connectivity index (χ1n) is 14.3. The first-order chi connectivity index (χ1) is 20.7. The number of fused-ring (bicyclic) bond motifs is 6. The van der Waals surface area contributed by atoms with Crippen molar-refractivity contribution < 1.29 is 4.74 Å². The average Bonchev–Trinajstić information content (AvgIpc) is 3.06. The molecule has 2 bridgehead atoms. The molecular weight excluding hydrogens is 516 g/mol. The Balaban J connectivity index is 1.51. The van der Waals surface area contributed by atoms with E-state index in [9.17, 15) is 5.26 Å². The monoisotopic (exact) mass is 540 g/mol. The lowest BCUT2D eigenvalue weighted by Crippen LogP contribution is -2.27. The summed E-state index contributed by atoms with van der Waals surface area (Å²) in [6.45, 7) is 16.2. The van der Waals surface area contributed by atoms with Crippen molar-refractivity contribution in [2.75, 3.05) is 4.90 Å². The Morgan fingerprint density at radius 1 is 0.738 bits per heavy atom. The van der Waals surface area contributed by atoms with Gasteiger partial charge in [-0.05, 0) is 83.4 Å². The van der Waals surface area contributed by atoms with E-state index in [1.165, 1.54) is 0 Å². The first-order valence-corrected chi connectivity index (χ1v) is 14.3. The van der Waals surface area contributed by atoms with Gasteiger partial charge in [0.2, 0.25) is 5.69 Å². The molecule has 4 aliphatic rings. The van der Waals surface area contributed by atoms with E-state index in [0.717, 1.165) is 81.5 Å². The van der Waals surface area contributed by atoms with Crippen molar-refractivity contribution >= 4 is 39.2 Å². The molecule has 1 fully saturated rings. The minimum absolute atomic E-state index is 0.170. The molecule has 5 aromatic carbocycles. The van der Waals surface area contributed by atoms with E-state index in [1.54, 1.807) is 0 Å². The van der Waals surface area contributed by atoms with Crippen molar-refractivity contribution in [2.45, 2.75) is 37.5 Å². The van der Waals surface area contributed by atoms with Crippen molar-refractivity contribution in [3.63, 3.8) is 0 Å². The molecule has 0 aromatic heterocycles. The molecule has 5 nitrogen and oxygen atoms in total. The standard InChI is InChI=1S/C37H24N4O/c1-39-34-28(21-38)36(33-25-14-12-24(13-15-25)32(33)35(34)40-2)41-29-18-16-23-10-6-7-11-27(23)37(29)42-31-19-17-26(20-30(31)41)22-8-4-3-5-9-22/h3-11,16-20,24-25H,12-15H2. The second-order valence-corrected chi connectivity index (χ2v) is 11.3. The number of nitrogens with zero attached hydrogens (tertiary/aromatic N) is 4. The number of hydrogen-bond acceptors (Lipinski definition) is 3. The molecule has 1 heterocycles. The van der Waals surface area contributed by atoms with Gasteiger partial charge in [-0.15, -0.1) is 0 Å². The van der Waals surface area contributed by atoms with E-state index in [2.05, 4.69) is 69.2 Å². The first kappa shape index (κ1) is 24.2. The number of benzene rings is 5. The zero-order valence-corrected chi connectivity index (χ0v) is 22.8. The van der Waals surface area contributed by atoms with E-state index in [4.69, 9.17) is 17.9 Å². The summed E-state index contributed by atoms with van der Waals surface area (Å²) in [6.07, 6.45) is 4.08. The largest absolute Gasteiger partial charge is 0.452 e. The third-order valence-corrected chi connectivity index (χ3v) is 9.22. The topological polar surface area (TPSA) is 45.0 Å². The second-order valence-electron chi connectivity index (χ2n) is 11.3. The lowest BCUT2D eigenvalue weighted by molar-refractivity contribution is 0.360. The molecule has 1 aliphatic heterocycles. The van der Waals surface area contributed by atoms with Crippen LogP contribution in [0.1, 0.15) is 54.2 Å². The third kappa shape index (κ3) is 3.33. The molecule has 198 valence electrons. The Labute approximate surface area is 244 Å². The van der Waals surface area contributed by atoms with Crippen LogP contribution < -0.4 is 9.64 Å². The highest BCUT2D eigenvalue weighted by molar-refractivity contribution is 6.03. The average molecular weight is 541 g/mol. The smallest absolute Gasteiger partial charge is 0.214 e. The molecule has 0 N–H and O–H groups in total. The zero-order chi connectivity index (χ0) is 28.4. The van der Waals surface area contributed by atoms with Crippen LogP contribution in [-0.4, -0.2) is 0 Å². The Bertz CT molecular complexity index is 2070. The van der Waals surface area contributed by atoms with Crippen LogP contribution in [0.5, 0.6) is 11.5 Å². The van der Waals surface area contributed by atoms with E-state index in [1.807, 2.05) is 36.4 Å². The molecule has 5 heteroatoms. The van der Waals surface area contributed by atoms with E-state index in [-0.39, 0.29) is 23.1 Å². The lowest BCUT2D eigenvalue weighted by Gasteiger charge is -2.44. The second kappa shape index (κ2) is 9.24. The van der Waals surface area contributed by atoms with Crippen molar-refractivity contribution in [1.29, 1.82) is 5.26 Å². The van der Waals surface area contributed by atoms with Gasteiger partial charge in [-0.2, -0.15) is 5.26 Å². The van der Waals surface area contributed by atoms with Gasteiger partial charge in [0.05, 0.1) is 41.8 Å². The van der Waals surface area contributed by atoms with Crippen molar-refractivity contribution in [3.05, 3.63) is 124 Å². The molecule has 3 aliphatic carbocycles. The van der Waals surface area contributed by atoms with Crippen LogP contribution >= 0.6 is 0 Å². The molecule has 0 atom stereocenters. The maximum absolute atomic E-state index is 10.7. The predicted molar refractivity (Wildman–Crippen MR) is 165 cm³/mol. The fourth-order valence-corrected chi connectivity index (χ4v) is 7.39. The minimum atomic E-state index is 0.170. The van der Waals surface area contributed by atoms with Crippen LogP contribution in [0.2, 0.25) is 0 Å². The summed E-state index contributed by atoms with van der Waals surface area (Å²) in [5.74, 6) is 1.88. The van der Waals surface area contributed by atoms with Crippen molar-refractivity contribution in [2.24, 2.45) is 0 Å². The van der Waals surface area contributed by atoms with Gasteiger partial charge >= 0.3 is 0 Å². The number of rotatable bonds is 2. The van der Waals surface area contributed by atoms with Crippen molar-refractivity contribution in [3.8, 4) is 28.7 Å². The van der Waals surface area contributed by atoms with Crippen LogP contribution in [0.25, 0.3) is 31.6 Å². The fraction of sp³-hybridized carbons (Fsp3) is 0.162. The van der Waals surface area contributed by atoms with E-state index in [0.29, 0.717) is 11.4 Å². The molecule has 5 aromatic rings. The predicted octanol–water partition coefficient (Wildman–Crippen LogP) is 10.8. The lowest BCUT2D eigenvalue weighted by atomic mass is 9.65. The van der Waals surface area contributed by atoms with Gasteiger partial charge in [-0.25, -0.2) is 9.69 Å². The summed E-state index contributed by atoms with van der Waals surface area (Å²) in [4.78, 5) is 9.90. The third-order valence-electron chi connectivity index (χ3n) is 9.22. The molecular formula is C37H24N4O. The summed E-state index contributed by atoms with van der Waals surface area (Å²) in [6, 6.07) is 31.1. The van der Waals surface area contributed by atoms with Crippen LogP contribution in [0, 0.1) is 24.5 Å². The SMILES string of the molecule is [C-]#[N+]c1c(C#N)c(N2c3cc(-c4ccccc4)ccc3Oc3c2ccc2ccccc32)c2c(c1[N+]#[C-])C1CCC2CC1. The molecule has 42 heavy (non-hydrogen) atoms. The summed E-state index contributed by atoms with van der Waals surface area (Å²) in [7, 11) is 0. The zero-order valence-electron chi connectivity index (χ0n) is 22.8. The Morgan fingerprint density at radius 3 is 2.19 bits per heavy atom. The molecule has 0 unspecified atom stereocenters. The number of nitriles is 1. The van der Waals surface area contributed by atoms with Gasteiger partial charge in [0.25, 0.3) is 0 Å². The van der Waals surface area contributed by atoms with Gasteiger partial charge in [0.15, 0.2) is 17.2 Å². The van der Waals surface area contributed by atoms with Crippen LogP contribution in [0.4, 0.5) is 28.4 Å². The van der Waals surface area contributed by atoms with Gasteiger partial charge in [-0.1, -0.05) is 66.7 Å². The normalized spacial score (nSPS) is 17.7. The summed E-state index contributed by atoms with van der Waals surface area (Å²) in [5.41, 5.74) is 7.39. The van der Waals surface area contributed by atoms with E-state index < -0.39 is 0 Å². The number of hydrogen-bond donors (Lipinski definition) is 0. The van der Waals surface area contributed by atoms with Gasteiger partial charge in [-0.3, -0.25) is 0 Å². The van der Waals surface area contributed by atoms with Gasteiger partial charge in [0, 0.05) is 5.39 Å². The van der Waals surface area contributed by atoms with Crippen molar-refractivity contribution in [1.82, 2.24) is 0 Å². The Hall–Kier alpha value is -5.57. The quantitative estimate of drug-likeness (QED) is 0.205. The van der Waals surface area contributed by atoms with Crippen LogP contribution in [0.3, 0.4) is 0 Å². The number of ether oxygens (including phenoxy) is 1. The molecule has 0 spiro atoms. The maximum atomic E-state index is 10.7. The molecule has 0 saturated heterocycles. The van der Waals surface area contributed by atoms with E-state index >= 15 is 0 Å². The fourth-order valence-electron chi connectivity index (χ4n) is 7.39. The van der Waals surface area contributed by atoms with Crippen LogP contribution in [0.15, 0.2) is 84.9 Å². The van der Waals surface area contributed by atoms with Crippen LogP contribution in [-0.2, 0) is 0 Å². The molecule has 0 radical (unpaired) electrons. The van der Waals surface area contributed by atoms with Gasteiger partial charge in [0.1, 0.15) is 0 Å². The molecule has 1 saturated carbocycles. The Kier molecular flexibility index (Phi) is 5.33.